The summed E-state index contributed by atoms with van der Waals surface area (Å²) in [6.07, 6.45) is 0.0700. The number of carbonyl (C=O) groups excluding carboxylic acids is 11. The van der Waals surface area contributed by atoms with Gasteiger partial charge < -0.3 is 64.4 Å². The van der Waals surface area contributed by atoms with Crippen LogP contribution in [0.15, 0.2) is 24.3 Å². The highest BCUT2D eigenvalue weighted by atomic mass is 32.2. The fourth-order valence-electron chi connectivity index (χ4n) is 7.79. The molecule has 9 atom stereocenters. The van der Waals surface area contributed by atoms with E-state index in [0.717, 1.165) is 7.11 Å². The van der Waals surface area contributed by atoms with Crippen LogP contribution in [-0.2, 0) is 74.4 Å². The fourth-order valence-corrected chi connectivity index (χ4v) is 8.38. The quantitative estimate of drug-likeness (QED) is 0.0357. The van der Waals surface area contributed by atoms with E-state index in [2.05, 4.69) is 37.2 Å². The number of nitrogens with two attached hydrogens (primary N) is 3. The van der Waals surface area contributed by atoms with E-state index in [4.69, 9.17) is 21.4 Å². The predicted octanol–water partition coefficient (Wildman–Crippen LogP) is -2.44. The van der Waals surface area contributed by atoms with Crippen LogP contribution in [-0.4, -0.2) is 147 Å². The molecule has 0 spiro atoms. The maximum Gasteiger partial charge on any atom is 0.245 e. The second-order valence-corrected chi connectivity index (χ2v) is 19.7. The zero-order valence-corrected chi connectivity index (χ0v) is 43.3. The van der Waals surface area contributed by atoms with E-state index in [1.165, 1.54) is 17.0 Å². The van der Waals surface area contributed by atoms with Gasteiger partial charge in [-0.1, -0.05) is 53.2 Å². The number of likely N-dealkylation sites (tertiary alicyclic amines) is 1. The van der Waals surface area contributed by atoms with Crippen LogP contribution in [0.5, 0.6) is 5.75 Å². The number of carbonyl (C=O) groups is 11. The van der Waals surface area contributed by atoms with Gasteiger partial charge in [0.2, 0.25) is 65.0 Å². The van der Waals surface area contributed by atoms with Crippen molar-refractivity contribution in [2.45, 2.75) is 154 Å². The molecule has 0 aliphatic carbocycles. The molecule has 0 radical (unpaired) electrons. The van der Waals surface area contributed by atoms with Crippen LogP contribution in [0.25, 0.3) is 0 Å². The molecule has 1 heterocycles. The molecule has 0 bridgehead atoms. The molecule has 1 aromatic rings. The highest BCUT2D eigenvalue weighted by Crippen LogP contribution is 2.21. The van der Waals surface area contributed by atoms with E-state index in [9.17, 15) is 62.1 Å². The lowest BCUT2D eigenvalue weighted by molar-refractivity contribution is -0.146. The average molecular weight is 1050 g/mol. The molecular formula is C47H75N11O14S. The maximum absolute atomic E-state index is 14.4. The number of phenolic OH excluding ortho intramolecular Hbond substituents is 1. The first-order valence-corrected chi connectivity index (χ1v) is 25.6. The van der Waals surface area contributed by atoms with Gasteiger partial charge in [-0.05, 0) is 74.5 Å². The molecule has 1 fully saturated rings. The Hall–Kier alpha value is -6.70. The highest BCUT2D eigenvalue weighted by Gasteiger charge is 2.40. The Morgan fingerprint density at radius 2 is 1.33 bits per heavy atom. The molecular weight excluding hydrogens is 975 g/mol. The van der Waals surface area contributed by atoms with Gasteiger partial charge in [0.15, 0.2) is 11.1 Å². The summed E-state index contributed by atoms with van der Waals surface area (Å²) in [6.45, 7) is 8.32. The van der Waals surface area contributed by atoms with Gasteiger partial charge in [0, 0.05) is 25.8 Å². The first-order valence-electron chi connectivity index (χ1n) is 24.4. The lowest BCUT2D eigenvalue weighted by Gasteiger charge is -2.38. The summed E-state index contributed by atoms with van der Waals surface area (Å²) < 4.78 is 17.3. The monoisotopic (exact) mass is 1050 g/mol. The van der Waals surface area contributed by atoms with Crippen LogP contribution in [0.4, 0.5) is 0 Å². The van der Waals surface area contributed by atoms with Crippen molar-refractivity contribution in [1.82, 2.24) is 42.1 Å². The van der Waals surface area contributed by atoms with Gasteiger partial charge in [-0.3, -0.25) is 56.9 Å². The molecule has 1 aromatic carbocycles. The lowest BCUT2D eigenvalue weighted by atomic mass is 9.96. The summed E-state index contributed by atoms with van der Waals surface area (Å²) in [5.74, 6) is -10.3. The minimum absolute atomic E-state index is 0.0201. The summed E-state index contributed by atoms with van der Waals surface area (Å²) >= 11 is -1.96. The number of piperidine rings is 1. The number of rotatable bonds is 32. The smallest absolute Gasteiger partial charge is 0.245 e. The molecule has 0 saturated carbocycles. The predicted molar refractivity (Wildman–Crippen MR) is 266 cm³/mol. The Kier molecular flexibility index (Phi) is 27.1. The van der Waals surface area contributed by atoms with Crippen LogP contribution in [0.3, 0.4) is 0 Å². The standard InChI is InChI=1S/C47H75N11O14S/c1-7-11-39(63)52-33(23-28-13-15-29(59)16-14-28)44(67)57-40(27(5)8-2)46(69)53-30(17-18-36(48)60)42(65)55-34(24-37(49)61)43(66)54-31(19-21-73(71)72-6)47(70)58-20-10-9-12-35(58)45(68)56-32(22-26(3)4)41(64)51-25-38(50)62/h13-16,26-27,30-35,40,59H,7-12,17-25H2,1-6H3,(H2,48,60)(H2,49,61)(H2,50,62)(H,51,64)(H,52,63)(H,53,69)(H,54,66)(H,55,65)(H,56,68)(H,57,67)/t27-,30-,31-,32-,33-,34-,35-,40-,73?/m0/s1. The molecule has 73 heavy (non-hydrogen) atoms. The van der Waals surface area contributed by atoms with Crippen molar-refractivity contribution in [1.29, 1.82) is 0 Å². The van der Waals surface area contributed by atoms with Crippen molar-refractivity contribution in [3.63, 3.8) is 0 Å². The van der Waals surface area contributed by atoms with Crippen molar-refractivity contribution >= 4 is 76.1 Å². The van der Waals surface area contributed by atoms with Crippen LogP contribution >= 0.6 is 0 Å². The molecule has 1 saturated heterocycles. The molecule has 14 N–H and O–H groups in total. The number of aromatic hydroxyl groups is 1. The molecule has 1 aliphatic heterocycles. The molecule has 2 rings (SSSR count). The largest absolute Gasteiger partial charge is 0.508 e. The number of hydrogen-bond acceptors (Lipinski definition) is 14. The van der Waals surface area contributed by atoms with Gasteiger partial charge in [-0.15, -0.1) is 0 Å². The Bertz CT molecular complexity index is 2130. The zero-order valence-electron chi connectivity index (χ0n) is 42.5. The topological polar surface area (TPSA) is 400 Å². The second kappa shape index (κ2) is 31.7. The summed E-state index contributed by atoms with van der Waals surface area (Å²) in [4.78, 5) is 147. The number of nitrogens with zero attached hydrogens (tertiary/aromatic N) is 1. The summed E-state index contributed by atoms with van der Waals surface area (Å²) in [5, 5.41) is 27.5. The normalized spacial score (nSPS) is 16.6. The number of benzene rings is 1. The highest BCUT2D eigenvalue weighted by molar-refractivity contribution is 7.80. The minimum Gasteiger partial charge on any atom is -0.508 e. The fraction of sp³-hybridized carbons (Fsp3) is 0.638. The van der Waals surface area contributed by atoms with Crippen molar-refractivity contribution in [2.75, 3.05) is 26.0 Å². The van der Waals surface area contributed by atoms with Crippen molar-refractivity contribution < 1.29 is 66.2 Å². The third-order valence-corrected chi connectivity index (χ3v) is 12.8. The molecule has 0 aromatic heterocycles. The first kappa shape index (κ1) is 62.4. The number of amides is 11. The Morgan fingerprint density at radius 3 is 1.90 bits per heavy atom. The summed E-state index contributed by atoms with van der Waals surface area (Å²) in [6, 6.07) is -3.83. The zero-order chi connectivity index (χ0) is 54.9. The van der Waals surface area contributed by atoms with Crippen LogP contribution in [0.1, 0.15) is 111 Å². The Morgan fingerprint density at radius 1 is 0.712 bits per heavy atom. The number of nitrogens with one attached hydrogen (secondary N) is 7. The van der Waals surface area contributed by atoms with E-state index < -0.39 is 150 Å². The van der Waals surface area contributed by atoms with Gasteiger partial charge >= 0.3 is 0 Å². The van der Waals surface area contributed by atoms with Crippen LogP contribution in [0.2, 0.25) is 0 Å². The molecule has 1 unspecified atom stereocenters. The van der Waals surface area contributed by atoms with E-state index in [-0.39, 0.29) is 56.1 Å². The SMILES string of the molecule is CCCC(=O)N[C@@H](Cc1ccc(O)cc1)C(=O)N[C@H](C(=O)N[C@@H](CCC(N)=O)C(=O)N[C@@H](CC(N)=O)C(=O)N[C@@H](CCS(=O)OC)C(=O)N1CCCC[C@H]1C(=O)N[C@@H](CC(C)C)C(=O)NCC(N)=O)[C@@H](C)CC. The van der Waals surface area contributed by atoms with E-state index in [1.54, 1.807) is 32.9 Å². The Balaban J connectivity index is 2.46. The van der Waals surface area contributed by atoms with Crippen LogP contribution in [0, 0.1) is 11.8 Å². The third-order valence-electron chi connectivity index (χ3n) is 11.9. The van der Waals surface area contributed by atoms with E-state index in [0.29, 0.717) is 31.2 Å². The van der Waals surface area contributed by atoms with Gasteiger partial charge in [-0.25, -0.2) is 4.21 Å². The number of primary amides is 3. The van der Waals surface area contributed by atoms with Crippen molar-refractivity contribution in [3.8, 4) is 5.75 Å². The second-order valence-electron chi connectivity index (χ2n) is 18.4. The summed E-state index contributed by atoms with van der Waals surface area (Å²) in [7, 11) is 1.15. The molecule has 11 amide bonds. The molecule has 26 heteroatoms. The van der Waals surface area contributed by atoms with Gasteiger partial charge in [0.25, 0.3) is 0 Å². The molecule has 25 nitrogen and oxygen atoms in total. The van der Waals surface area contributed by atoms with Gasteiger partial charge in [0.1, 0.15) is 48.0 Å². The third kappa shape index (κ3) is 22.3. The van der Waals surface area contributed by atoms with Gasteiger partial charge in [0.05, 0.1) is 25.8 Å². The lowest BCUT2D eigenvalue weighted by Crippen LogP contribution is -2.62. The number of phenols is 1. The van der Waals surface area contributed by atoms with E-state index >= 15 is 0 Å². The minimum atomic E-state index is -1.96. The first-order chi connectivity index (χ1) is 34.4. The molecule has 408 valence electrons. The van der Waals surface area contributed by atoms with Crippen LogP contribution < -0.4 is 54.4 Å². The van der Waals surface area contributed by atoms with Crippen molar-refractivity contribution in [2.24, 2.45) is 29.0 Å². The average Bonchev–Trinajstić information content (AvgIpc) is 3.33. The molecule has 1 aliphatic rings. The Labute approximate surface area is 427 Å². The van der Waals surface area contributed by atoms with Crippen molar-refractivity contribution in [3.05, 3.63) is 29.8 Å². The summed E-state index contributed by atoms with van der Waals surface area (Å²) in [5.41, 5.74) is 16.7. The van der Waals surface area contributed by atoms with E-state index in [1.807, 2.05) is 13.8 Å². The maximum atomic E-state index is 14.4. The van der Waals surface area contributed by atoms with Gasteiger partial charge in [-0.2, -0.15) is 0 Å². The number of hydrogen-bond donors (Lipinski definition) is 11.